The predicted molar refractivity (Wildman–Crippen MR) is 119 cm³/mol. The summed E-state index contributed by atoms with van der Waals surface area (Å²) in [6, 6.07) is 11.1. The predicted octanol–water partition coefficient (Wildman–Crippen LogP) is 3.20. The molecule has 160 valence electrons. The van der Waals surface area contributed by atoms with Gasteiger partial charge in [-0.05, 0) is 49.7 Å². The van der Waals surface area contributed by atoms with Gasteiger partial charge < -0.3 is 19.9 Å². The largest absolute Gasteiger partial charge is 0.465 e. The molecule has 0 aliphatic rings. The van der Waals surface area contributed by atoms with Crippen LogP contribution >= 0.6 is 11.3 Å². The molecule has 0 saturated heterocycles. The third kappa shape index (κ3) is 5.46. The molecule has 0 aliphatic carbocycles. The van der Waals surface area contributed by atoms with Crippen LogP contribution < -0.4 is 16.2 Å². The standard InChI is InChI=1S/C22H21N3O5S/c1-13-4-9-19(27)25(11-13)12-18(26)23-16-7-5-15(6-8-16)20(28)24-21-17(22(29)30-3)10-14(2)31-21/h4-11H,12H2,1-3H3,(H,23,26)(H,24,28). The van der Waals surface area contributed by atoms with Crippen LogP contribution in [0.25, 0.3) is 0 Å². The number of benzene rings is 1. The van der Waals surface area contributed by atoms with Crippen LogP contribution in [0.15, 0.2) is 53.5 Å². The number of rotatable bonds is 6. The Morgan fingerprint density at radius 1 is 1.03 bits per heavy atom. The van der Waals surface area contributed by atoms with E-state index in [0.717, 1.165) is 10.4 Å². The first-order valence-corrected chi connectivity index (χ1v) is 10.2. The minimum Gasteiger partial charge on any atom is -0.465 e. The summed E-state index contributed by atoms with van der Waals surface area (Å²) < 4.78 is 6.07. The van der Waals surface area contributed by atoms with Crippen molar-refractivity contribution in [3.63, 3.8) is 0 Å². The lowest BCUT2D eigenvalue weighted by Crippen LogP contribution is -2.26. The van der Waals surface area contributed by atoms with E-state index in [1.54, 1.807) is 42.6 Å². The molecule has 0 radical (unpaired) electrons. The van der Waals surface area contributed by atoms with Crippen LogP contribution in [0.1, 0.15) is 31.2 Å². The number of carbonyl (C=O) groups is 3. The van der Waals surface area contributed by atoms with E-state index in [2.05, 4.69) is 10.6 Å². The number of methoxy groups -OCH3 is 1. The van der Waals surface area contributed by atoms with Gasteiger partial charge in [0, 0.05) is 28.4 Å². The lowest BCUT2D eigenvalue weighted by atomic mass is 10.2. The quantitative estimate of drug-likeness (QED) is 0.574. The highest BCUT2D eigenvalue weighted by Crippen LogP contribution is 2.28. The lowest BCUT2D eigenvalue weighted by molar-refractivity contribution is -0.116. The van der Waals surface area contributed by atoms with E-state index >= 15 is 0 Å². The van der Waals surface area contributed by atoms with E-state index in [1.807, 2.05) is 13.8 Å². The molecular weight excluding hydrogens is 418 g/mol. The number of amides is 2. The van der Waals surface area contributed by atoms with E-state index in [4.69, 9.17) is 4.74 Å². The zero-order valence-corrected chi connectivity index (χ0v) is 18.0. The van der Waals surface area contributed by atoms with Gasteiger partial charge in [-0.3, -0.25) is 14.4 Å². The van der Waals surface area contributed by atoms with Crippen LogP contribution in [0.5, 0.6) is 0 Å². The summed E-state index contributed by atoms with van der Waals surface area (Å²) in [4.78, 5) is 49.3. The third-order valence-corrected chi connectivity index (χ3v) is 5.33. The SMILES string of the molecule is COC(=O)c1cc(C)sc1NC(=O)c1ccc(NC(=O)Cn2cc(C)ccc2=O)cc1. The molecule has 0 aliphatic heterocycles. The molecule has 2 amide bonds. The first-order valence-electron chi connectivity index (χ1n) is 9.34. The summed E-state index contributed by atoms with van der Waals surface area (Å²) in [7, 11) is 1.28. The Morgan fingerprint density at radius 3 is 2.42 bits per heavy atom. The Balaban J connectivity index is 1.65. The molecule has 1 aromatic carbocycles. The lowest BCUT2D eigenvalue weighted by Gasteiger charge is -2.09. The number of nitrogens with one attached hydrogen (secondary N) is 2. The Labute approximate surface area is 182 Å². The van der Waals surface area contributed by atoms with Gasteiger partial charge in [0.05, 0.1) is 12.7 Å². The Hall–Kier alpha value is -3.72. The molecule has 3 rings (SSSR count). The van der Waals surface area contributed by atoms with Crippen molar-refractivity contribution < 1.29 is 19.1 Å². The number of ether oxygens (including phenoxy) is 1. The van der Waals surface area contributed by atoms with Gasteiger partial charge in [0.15, 0.2) is 0 Å². The normalized spacial score (nSPS) is 10.4. The monoisotopic (exact) mass is 439 g/mol. The van der Waals surface area contributed by atoms with Crippen LogP contribution in [-0.4, -0.2) is 29.5 Å². The molecule has 9 heteroatoms. The van der Waals surface area contributed by atoms with Gasteiger partial charge in [-0.15, -0.1) is 11.3 Å². The van der Waals surface area contributed by atoms with Crippen LogP contribution in [0, 0.1) is 13.8 Å². The van der Waals surface area contributed by atoms with E-state index in [1.165, 1.54) is 29.1 Å². The maximum Gasteiger partial charge on any atom is 0.340 e. The summed E-state index contributed by atoms with van der Waals surface area (Å²) in [5, 5.41) is 5.83. The molecule has 3 aromatic rings. The fraction of sp³-hybridized carbons (Fsp3) is 0.182. The highest BCUT2D eigenvalue weighted by atomic mass is 32.1. The highest BCUT2D eigenvalue weighted by molar-refractivity contribution is 7.16. The number of aryl methyl sites for hydroxylation is 2. The average Bonchev–Trinajstić information content (AvgIpc) is 3.10. The molecule has 31 heavy (non-hydrogen) atoms. The van der Waals surface area contributed by atoms with Crippen LogP contribution in [0.3, 0.4) is 0 Å². The Morgan fingerprint density at radius 2 is 1.74 bits per heavy atom. The van der Waals surface area contributed by atoms with E-state index < -0.39 is 11.9 Å². The average molecular weight is 439 g/mol. The smallest absolute Gasteiger partial charge is 0.340 e. The molecule has 0 fully saturated rings. The number of carbonyl (C=O) groups excluding carboxylic acids is 3. The summed E-state index contributed by atoms with van der Waals surface area (Å²) in [6.07, 6.45) is 1.62. The van der Waals surface area contributed by atoms with Gasteiger partial charge in [0.1, 0.15) is 11.5 Å². The Bertz CT molecular complexity index is 1190. The molecule has 2 heterocycles. The molecule has 8 nitrogen and oxygen atoms in total. The topological polar surface area (TPSA) is 106 Å². The molecule has 0 atom stereocenters. The second kappa shape index (κ2) is 9.40. The number of nitrogens with zero attached hydrogens (tertiary/aromatic N) is 1. The maximum atomic E-state index is 12.5. The molecule has 0 unspecified atom stereocenters. The molecular formula is C22H21N3O5S. The summed E-state index contributed by atoms with van der Waals surface area (Å²) in [5.74, 6) is -1.27. The van der Waals surface area contributed by atoms with Gasteiger partial charge in [-0.25, -0.2) is 4.79 Å². The van der Waals surface area contributed by atoms with Gasteiger partial charge in [-0.2, -0.15) is 0 Å². The van der Waals surface area contributed by atoms with E-state index in [-0.39, 0.29) is 18.0 Å². The number of hydrogen-bond donors (Lipinski definition) is 2. The fourth-order valence-corrected chi connectivity index (χ4v) is 3.77. The minimum atomic E-state index is -0.523. The fourth-order valence-electron chi connectivity index (χ4n) is 2.88. The second-order valence-electron chi connectivity index (χ2n) is 6.84. The van der Waals surface area contributed by atoms with Crippen molar-refractivity contribution in [3.05, 3.63) is 80.6 Å². The van der Waals surface area contributed by atoms with Crippen molar-refractivity contribution in [1.82, 2.24) is 4.57 Å². The Kier molecular flexibility index (Phi) is 6.66. The van der Waals surface area contributed by atoms with Crippen molar-refractivity contribution in [1.29, 1.82) is 0 Å². The van der Waals surface area contributed by atoms with Gasteiger partial charge in [0.2, 0.25) is 5.91 Å². The zero-order valence-electron chi connectivity index (χ0n) is 17.2. The minimum absolute atomic E-state index is 0.114. The van der Waals surface area contributed by atoms with Crippen LogP contribution in [0.2, 0.25) is 0 Å². The van der Waals surface area contributed by atoms with Crippen LogP contribution in [-0.2, 0) is 16.1 Å². The van der Waals surface area contributed by atoms with E-state index in [9.17, 15) is 19.2 Å². The van der Waals surface area contributed by atoms with Gasteiger partial charge in [-0.1, -0.05) is 6.07 Å². The first-order chi connectivity index (χ1) is 14.8. The van der Waals surface area contributed by atoms with Crippen molar-refractivity contribution >= 4 is 39.8 Å². The molecule has 2 N–H and O–H groups in total. The number of pyridine rings is 1. The van der Waals surface area contributed by atoms with Gasteiger partial charge in [0.25, 0.3) is 11.5 Å². The number of esters is 1. The van der Waals surface area contributed by atoms with Crippen molar-refractivity contribution in [2.45, 2.75) is 20.4 Å². The number of anilines is 2. The zero-order chi connectivity index (χ0) is 22.5. The van der Waals surface area contributed by atoms with Crippen molar-refractivity contribution in [3.8, 4) is 0 Å². The summed E-state index contributed by atoms with van der Waals surface area (Å²) in [6.45, 7) is 3.55. The second-order valence-corrected chi connectivity index (χ2v) is 8.10. The molecule has 0 bridgehead atoms. The first kappa shape index (κ1) is 22.0. The maximum absolute atomic E-state index is 12.5. The number of aromatic nitrogens is 1. The molecule has 0 spiro atoms. The summed E-state index contributed by atoms with van der Waals surface area (Å²) >= 11 is 1.28. The molecule has 2 aromatic heterocycles. The number of hydrogen-bond acceptors (Lipinski definition) is 6. The third-order valence-electron chi connectivity index (χ3n) is 4.36. The molecule has 0 saturated carbocycles. The number of thiophene rings is 1. The van der Waals surface area contributed by atoms with Crippen molar-refractivity contribution in [2.24, 2.45) is 0 Å². The van der Waals surface area contributed by atoms with Crippen LogP contribution in [0.4, 0.5) is 10.7 Å². The highest BCUT2D eigenvalue weighted by Gasteiger charge is 2.18. The van der Waals surface area contributed by atoms with Gasteiger partial charge >= 0.3 is 5.97 Å². The summed E-state index contributed by atoms with van der Waals surface area (Å²) in [5.41, 5.74) is 1.76. The van der Waals surface area contributed by atoms with Crippen molar-refractivity contribution in [2.75, 3.05) is 17.7 Å². The van der Waals surface area contributed by atoms with E-state index in [0.29, 0.717) is 21.8 Å².